The van der Waals surface area contributed by atoms with E-state index in [0.717, 1.165) is 0 Å². The molecule has 2 aromatic heterocycles. The summed E-state index contributed by atoms with van der Waals surface area (Å²) in [7, 11) is 0. The fourth-order valence-electron chi connectivity index (χ4n) is 1.89. The van der Waals surface area contributed by atoms with Gasteiger partial charge in [-0.1, -0.05) is 11.6 Å². The number of hydrogen-bond donors (Lipinski definition) is 3. The second kappa shape index (κ2) is 4.50. The maximum Gasteiger partial charge on any atom is 0.273 e. The average Bonchev–Trinajstić information content (AvgIpc) is 2.82. The van der Waals surface area contributed by atoms with Gasteiger partial charge >= 0.3 is 0 Å². The Kier molecular flexibility index (Phi) is 2.80. The Hall–Kier alpha value is -2.60. The lowest BCUT2D eigenvalue weighted by atomic mass is 10.0. The van der Waals surface area contributed by atoms with E-state index in [-0.39, 0.29) is 27.8 Å². The zero-order valence-electron chi connectivity index (χ0n) is 9.98. The van der Waals surface area contributed by atoms with Gasteiger partial charge in [0.25, 0.3) is 5.56 Å². The van der Waals surface area contributed by atoms with Gasteiger partial charge < -0.3 is 5.11 Å². The molecule has 7 heteroatoms. The van der Waals surface area contributed by atoms with E-state index in [1.807, 2.05) is 0 Å². The number of aromatic nitrogens is 3. The molecule has 0 amide bonds. The summed E-state index contributed by atoms with van der Waals surface area (Å²) in [6, 6.07) is 5.60. The molecule has 0 aliphatic rings. The topological polar surface area (TPSA) is 98.8 Å². The van der Waals surface area contributed by atoms with Crippen molar-refractivity contribution in [2.75, 3.05) is 0 Å². The third-order valence-electron chi connectivity index (χ3n) is 2.89. The first-order valence-electron chi connectivity index (χ1n) is 5.66. The Bertz CT molecular complexity index is 882. The number of halogens is 1. The molecule has 0 saturated carbocycles. The fourth-order valence-corrected chi connectivity index (χ4v) is 2.06. The Morgan fingerprint density at radius 3 is 2.85 bits per heavy atom. The van der Waals surface area contributed by atoms with Gasteiger partial charge in [-0.05, 0) is 24.3 Å². The summed E-state index contributed by atoms with van der Waals surface area (Å²) < 4.78 is 0. The summed E-state index contributed by atoms with van der Waals surface area (Å²) in [4.78, 5) is 27.8. The highest BCUT2D eigenvalue weighted by Crippen LogP contribution is 2.24. The van der Waals surface area contributed by atoms with Crippen LogP contribution in [-0.4, -0.2) is 26.1 Å². The van der Waals surface area contributed by atoms with E-state index < -0.39 is 5.78 Å². The van der Waals surface area contributed by atoms with Crippen LogP contribution in [0.25, 0.3) is 11.0 Å². The minimum absolute atomic E-state index is 0.0608. The molecule has 1 aromatic carbocycles. The molecule has 0 bridgehead atoms. The Labute approximate surface area is 117 Å². The van der Waals surface area contributed by atoms with E-state index in [2.05, 4.69) is 15.2 Å². The maximum atomic E-state index is 12.3. The van der Waals surface area contributed by atoms with Gasteiger partial charge in [0.05, 0.1) is 10.9 Å². The number of nitrogens with one attached hydrogen (secondary N) is 2. The van der Waals surface area contributed by atoms with Gasteiger partial charge in [0.15, 0.2) is 11.4 Å². The van der Waals surface area contributed by atoms with E-state index in [9.17, 15) is 14.7 Å². The number of ketones is 1. The van der Waals surface area contributed by atoms with Crippen molar-refractivity contribution < 1.29 is 9.90 Å². The summed E-state index contributed by atoms with van der Waals surface area (Å²) in [5.74, 6) is -0.637. The molecule has 20 heavy (non-hydrogen) atoms. The number of pyridine rings is 1. The monoisotopic (exact) mass is 289 g/mol. The van der Waals surface area contributed by atoms with Crippen molar-refractivity contribution in [3.8, 4) is 5.75 Å². The molecule has 6 nitrogen and oxygen atoms in total. The maximum absolute atomic E-state index is 12.3. The van der Waals surface area contributed by atoms with E-state index in [1.54, 1.807) is 0 Å². The number of carbonyl (C=O) groups excluding carboxylic acids is 1. The summed E-state index contributed by atoms with van der Waals surface area (Å²) in [5.41, 5.74) is 0.255. The minimum Gasteiger partial charge on any atom is -0.507 e. The summed E-state index contributed by atoms with van der Waals surface area (Å²) in [5, 5.41) is 15.3. The number of aromatic hydroxyl groups is 1. The standard InChI is InChI=1S/C13H8ClN3O3/c14-7-1-2-10(18)8(4-7)11(19)6-3-9-12(15-5-6)16-17-13(9)20/h1-5,18H,(H2,15,16,17,20). The molecular formula is C13H8ClN3O3. The van der Waals surface area contributed by atoms with Crippen molar-refractivity contribution in [1.29, 1.82) is 0 Å². The summed E-state index contributed by atoms with van der Waals surface area (Å²) in [6.45, 7) is 0. The molecule has 0 saturated heterocycles. The van der Waals surface area contributed by atoms with Gasteiger partial charge in [-0.25, -0.2) is 4.98 Å². The average molecular weight is 290 g/mol. The predicted molar refractivity (Wildman–Crippen MR) is 73.3 cm³/mol. The van der Waals surface area contributed by atoms with Crippen LogP contribution in [0.4, 0.5) is 0 Å². The predicted octanol–water partition coefficient (Wildman–Crippen LogP) is 1.84. The zero-order chi connectivity index (χ0) is 14.3. The van der Waals surface area contributed by atoms with Crippen LogP contribution in [0.2, 0.25) is 5.02 Å². The molecule has 0 aliphatic heterocycles. The van der Waals surface area contributed by atoms with Crippen molar-refractivity contribution in [2.45, 2.75) is 0 Å². The van der Waals surface area contributed by atoms with Gasteiger partial charge in [-0.3, -0.25) is 19.8 Å². The SMILES string of the molecule is O=C(c1cnc2[nH][nH]c(=O)c2c1)c1cc(Cl)ccc1O. The van der Waals surface area contributed by atoms with Crippen LogP contribution in [0.3, 0.4) is 0 Å². The molecule has 0 unspecified atom stereocenters. The van der Waals surface area contributed by atoms with E-state index in [4.69, 9.17) is 11.6 Å². The number of fused-ring (bicyclic) bond motifs is 1. The van der Waals surface area contributed by atoms with E-state index in [0.29, 0.717) is 10.7 Å². The zero-order valence-corrected chi connectivity index (χ0v) is 10.7. The van der Waals surface area contributed by atoms with Crippen LogP contribution in [0.1, 0.15) is 15.9 Å². The second-order valence-corrected chi connectivity index (χ2v) is 4.63. The quantitative estimate of drug-likeness (QED) is 0.627. The number of aromatic amines is 2. The summed E-state index contributed by atoms with van der Waals surface area (Å²) in [6.07, 6.45) is 1.33. The van der Waals surface area contributed by atoms with E-state index >= 15 is 0 Å². The number of phenols is 1. The number of carbonyl (C=O) groups is 1. The van der Waals surface area contributed by atoms with Crippen LogP contribution in [0.5, 0.6) is 5.75 Å². The molecular weight excluding hydrogens is 282 g/mol. The highest BCUT2D eigenvalue weighted by atomic mass is 35.5. The van der Waals surface area contributed by atoms with Gasteiger partial charge in [-0.15, -0.1) is 0 Å². The molecule has 2 heterocycles. The van der Waals surface area contributed by atoms with Crippen LogP contribution in [-0.2, 0) is 0 Å². The minimum atomic E-state index is -0.458. The van der Waals surface area contributed by atoms with Crippen molar-refractivity contribution in [3.63, 3.8) is 0 Å². The number of phenolic OH excluding ortho intramolecular Hbond substituents is 1. The van der Waals surface area contributed by atoms with Gasteiger partial charge in [0.2, 0.25) is 0 Å². The Balaban J connectivity index is 2.14. The number of hydrogen-bond acceptors (Lipinski definition) is 4. The lowest BCUT2D eigenvalue weighted by molar-refractivity contribution is 0.103. The van der Waals surface area contributed by atoms with Crippen molar-refractivity contribution >= 4 is 28.4 Å². The first-order chi connectivity index (χ1) is 9.56. The van der Waals surface area contributed by atoms with Gasteiger partial charge in [0.1, 0.15) is 5.75 Å². The highest BCUT2D eigenvalue weighted by Gasteiger charge is 2.16. The normalized spacial score (nSPS) is 10.8. The first kappa shape index (κ1) is 12.4. The highest BCUT2D eigenvalue weighted by molar-refractivity contribution is 6.31. The molecule has 100 valence electrons. The fraction of sp³-hybridized carbons (Fsp3) is 0. The molecule has 0 atom stereocenters. The molecule has 0 spiro atoms. The van der Waals surface area contributed by atoms with E-state index in [1.165, 1.54) is 30.5 Å². The van der Waals surface area contributed by atoms with Crippen LogP contribution in [0.15, 0.2) is 35.3 Å². The second-order valence-electron chi connectivity index (χ2n) is 4.19. The van der Waals surface area contributed by atoms with Crippen LogP contribution in [0, 0.1) is 0 Å². The largest absolute Gasteiger partial charge is 0.507 e. The molecule has 3 rings (SSSR count). The van der Waals surface area contributed by atoms with Crippen LogP contribution >= 0.6 is 11.6 Å². The third-order valence-corrected chi connectivity index (χ3v) is 3.13. The van der Waals surface area contributed by atoms with Crippen molar-refractivity contribution in [3.05, 3.63) is 57.0 Å². The van der Waals surface area contributed by atoms with Gasteiger partial charge in [-0.2, -0.15) is 0 Å². The molecule has 0 fully saturated rings. The number of rotatable bonds is 2. The summed E-state index contributed by atoms with van der Waals surface area (Å²) >= 11 is 5.81. The molecule has 0 aliphatic carbocycles. The lowest BCUT2D eigenvalue weighted by Crippen LogP contribution is -2.04. The Morgan fingerprint density at radius 1 is 1.25 bits per heavy atom. The number of nitrogens with zero attached hydrogens (tertiary/aromatic N) is 1. The smallest absolute Gasteiger partial charge is 0.273 e. The van der Waals surface area contributed by atoms with Crippen molar-refractivity contribution in [2.24, 2.45) is 0 Å². The van der Waals surface area contributed by atoms with Crippen molar-refractivity contribution in [1.82, 2.24) is 15.2 Å². The van der Waals surface area contributed by atoms with Gasteiger partial charge in [0, 0.05) is 16.8 Å². The lowest BCUT2D eigenvalue weighted by Gasteiger charge is -2.04. The third kappa shape index (κ3) is 1.96. The number of benzene rings is 1. The van der Waals surface area contributed by atoms with Crippen LogP contribution < -0.4 is 5.56 Å². The number of H-pyrrole nitrogens is 2. The molecule has 0 radical (unpaired) electrons. The molecule has 3 aromatic rings. The Morgan fingerprint density at radius 2 is 2.05 bits per heavy atom. The first-order valence-corrected chi connectivity index (χ1v) is 6.03. The molecule has 3 N–H and O–H groups in total.